The van der Waals surface area contributed by atoms with Crippen molar-refractivity contribution in [1.82, 2.24) is 9.97 Å². The number of hydrogen-bond donors (Lipinski definition) is 2. The standard InChI is InChI=1S/C14H15BrN4O/c1-9(18-14-7-13(15)16-8-17-14)11-4-3-5-12(6-11)19-10(2)20/h3-9H,1-2H3,(H,19,20)(H,16,17,18). The van der Waals surface area contributed by atoms with Gasteiger partial charge < -0.3 is 10.6 Å². The van der Waals surface area contributed by atoms with E-state index in [1.54, 1.807) is 0 Å². The molecule has 1 amide bonds. The molecule has 6 heteroatoms. The maximum atomic E-state index is 11.1. The summed E-state index contributed by atoms with van der Waals surface area (Å²) >= 11 is 3.31. The van der Waals surface area contributed by atoms with Gasteiger partial charge >= 0.3 is 0 Å². The number of nitrogens with zero attached hydrogens (tertiary/aromatic N) is 2. The van der Waals surface area contributed by atoms with Crippen molar-refractivity contribution in [3.05, 3.63) is 46.8 Å². The number of aromatic nitrogens is 2. The average molecular weight is 335 g/mol. The van der Waals surface area contributed by atoms with Crippen molar-refractivity contribution in [2.45, 2.75) is 19.9 Å². The van der Waals surface area contributed by atoms with E-state index in [-0.39, 0.29) is 11.9 Å². The topological polar surface area (TPSA) is 66.9 Å². The average Bonchev–Trinajstić information content (AvgIpc) is 2.38. The van der Waals surface area contributed by atoms with Crippen molar-refractivity contribution >= 4 is 33.3 Å². The molecule has 0 saturated carbocycles. The molecular weight excluding hydrogens is 320 g/mol. The fraction of sp³-hybridized carbons (Fsp3) is 0.214. The summed E-state index contributed by atoms with van der Waals surface area (Å²) < 4.78 is 0.731. The molecule has 0 fully saturated rings. The minimum absolute atomic E-state index is 0.0607. The van der Waals surface area contributed by atoms with E-state index in [1.807, 2.05) is 37.3 Å². The molecule has 1 aromatic carbocycles. The molecule has 2 N–H and O–H groups in total. The second kappa shape index (κ2) is 6.47. The Labute approximate surface area is 126 Å². The SMILES string of the molecule is CC(=O)Nc1cccc(C(C)Nc2cc(Br)ncn2)c1. The molecular formula is C14H15BrN4O. The Morgan fingerprint density at radius 3 is 2.80 bits per heavy atom. The Hall–Kier alpha value is -1.95. The molecule has 0 bridgehead atoms. The van der Waals surface area contributed by atoms with Gasteiger partial charge in [-0.15, -0.1) is 0 Å². The fourth-order valence-electron chi connectivity index (χ4n) is 1.81. The molecule has 2 aromatic rings. The molecule has 5 nitrogen and oxygen atoms in total. The largest absolute Gasteiger partial charge is 0.363 e. The van der Waals surface area contributed by atoms with Crippen LogP contribution < -0.4 is 10.6 Å². The molecule has 0 spiro atoms. The summed E-state index contributed by atoms with van der Waals surface area (Å²) in [6, 6.07) is 9.58. The van der Waals surface area contributed by atoms with Crippen molar-refractivity contribution in [2.24, 2.45) is 0 Å². The van der Waals surface area contributed by atoms with Crippen molar-refractivity contribution in [3.8, 4) is 0 Å². The quantitative estimate of drug-likeness (QED) is 0.841. The first-order valence-corrected chi connectivity index (χ1v) is 6.95. The molecule has 104 valence electrons. The zero-order valence-electron chi connectivity index (χ0n) is 11.2. The molecule has 0 aliphatic heterocycles. The molecule has 0 saturated heterocycles. The summed E-state index contributed by atoms with van der Waals surface area (Å²) in [7, 11) is 0. The number of amides is 1. The van der Waals surface area contributed by atoms with Gasteiger partial charge in [0.1, 0.15) is 16.7 Å². The van der Waals surface area contributed by atoms with Gasteiger partial charge in [-0.25, -0.2) is 9.97 Å². The molecule has 0 radical (unpaired) electrons. The maximum Gasteiger partial charge on any atom is 0.221 e. The van der Waals surface area contributed by atoms with E-state index in [9.17, 15) is 4.79 Å². The van der Waals surface area contributed by atoms with Crippen LogP contribution in [0.4, 0.5) is 11.5 Å². The highest BCUT2D eigenvalue weighted by Crippen LogP contribution is 2.21. The van der Waals surface area contributed by atoms with E-state index < -0.39 is 0 Å². The lowest BCUT2D eigenvalue weighted by atomic mass is 10.1. The highest BCUT2D eigenvalue weighted by Gasteiger charge is 2.07. The van der Waals surface area contributed by atoms with Crippen molar-refractivity contribution in [1.29, 1.82) is 0 Å². The Kier molecular flexibility index (Phi) is 4.68. The normalized spacial score (nSPS) is 11.8. The molecule has 1 aromatic heterocycles. The first kappa shape index (κ1) is 14.5. The Bertz CT molecular complexity index is 618. The van der Waals surface area contributed by atoms with Crippen molar-refractivity contribution in [2.75, 3.05) is 10.6 Å². The lowest BCUT2D eigenvalue weighted by Gasteiger charge is -2.16. The van der Waals surface area contributed by atoms with Crippen LogP contribution in [-0.2, 0) is 4.79 Å². The van der Waals surface area contributed by atoms with Crippen LogP contribution in [-0.4, -0.2) is 15.9 Å². The number of anilines is 2. The van der Waals surface area contributed by atoms with Gasteiger partial charge in [0.2, 0.25) is 5.91 Å². The first-order chi connectivity index (χ1) is 9.54. The summed E-state index contributed by atoms with van der Waals surface area (Å²) in [6.07, 6.45) is 1.49. The van der Waals surface area contributed by atoms with Gasteiger partial charge in [0.15, 0.2) is 0 Å². The predicted octanol–water partition coefficient (Wildman–Crippen LogP) is 3.37. The number of benzene rings is 1. The van der Waals surface area contributed by atoms with Gasteiger partial charge in [-0.05, 0) is 40.5 Å². The zero-order chi connectivity index (χ0) is 14.5. The highest BCUT2D eigenvalue weighted by molar-refractivity contribution is 9.10. The number of rotatable bonds is 4. The Morgan fingerprint density at radius 1 is 1.30 bits per heavy atom. The smallest absolute Gasteiger partial charge is 0.221 e. The van der Waals surface area contributed by atoms with Crippen LogP contribution in [0.5, 0.6) is 0 Å². The highest BCUT2D eigenvalue weighted by atomic mass is 79.9. The van der Waals surface area contributed by atoms with E-state index >= 15 is 0 Å². The number of hydrogen-bond acceptors (Lipinski definition) is 4. The minimum atomic E-state index is -0.0810. The molecule has 1 unspecified atom stereocenters. The van der Waals surface area contributed by atoms with Crippen LogP contribution in [0.2, 0.25) is 0 Å². The summed E-state index contributed by atoms with van der Waals surface area (Å²) in [5, 5.41) is 6.06. The molecule has 1 heterocycles. The van der Waals surface area contributed by atoms with Crippen LogP contribution >= 0.6 is 15.9 Å². The zero-order valence-corrected chi connectivity index (χ0v) is 12.8. The third kappa shape index (κ3) is 4.03. The van der Waals surface area contributed by atoms with Gasteiger partial charge in [0, 0.05) is 18.7 Å². The van der Waals surface area contributed by atoms with Crippen LogP contribution in [0.15, 0.2) is 41.3 Å². The Morgan fingerprint density at radius 2 is 2.10 bits per heavy atom. The van der Waals surface area contributed by atoms with Crippen molar-refractivity contribution < 1.29 is 4.79 Å². The summed E-state index contributed by atoms with van der Waals surface area (Å²) in [5.41, 5.74) is 1.85. The summed E-state index contributed by atoms with van der Waals surface area (Å²) in [4.78, 5) is 19.2. The van der Waals surface area contributed by atoms with Crippen molar-refractivity contribution in [3.63, 3.8) is 0 Å². The first-order valence-electron chi connectivity index (χ1n) is 6.16. The number of halogens is 1. The van der Waals surface area contributed by atoms with Crippen LogP contribution in [0.1, 0.15) is 25.5 Å². The maximum absolute atomic E-state index is 11.1. The lowest BCUT2D eigenvalue weighted by Crippen LogP contribution is -2.10. The van der Waals surface area contributed by atoms with Crippen LogP contribution in [0, 0.1) is 0 Å². The van der Waals surface area contributed by atoms with Crippen LogP contribution in [0.3, 0.4) is 0 Å². The van der Waals surface area contributed by atoms with E-state index in [1.165, 1.54) is 13.3 Å². The van der Waals surface area contributed by atoms with E-state index in [0.29, 0.717) is 0 Å². The van der Waals surface area contributed by atoms with Gasteiger partial charge in [0.25, 0.3) is 0 Å². The van der Waals surface area contributed by atoms with E-state index in [0.717, 1.165) is 21.7 Å². The fourth-order valence-corrected chi connectivity index (χ4v) is 2.12. The van der Waals surface area contributed by atoms with Gasteiger partial charge in [0.05, 0.1) is 6.04 Å². The summed E-state index contributed by atoms with van der Waals surface area (Å²) in [5.74, 6) is 0.659. The molecule has 2 rings (SSSR count). The monoisotopic (exact) mass is 334 g/mol. The molecule has 0 aliphatic rings. The Balaban J connectivity index is 2.12. The van der Waals surface area contributed by atoms with Crippen LogP contribution in [0.25, 0.3) is 0 Å². The molecule has 1 atom stereocenters. The van der Waals surface area contributed by atoms with Gasteiger partial charge in [-0.2, -0.15) is 0 Å². The second-order valence-corrected chi connectivity index (χ2v) is 5.21. The molecule has 0 aliphatic carbocycles. The summed E-state index contributed by atoms with van der Waals surface area (Å²) in [6.45, 7) is 3.52. The molecule has 20 heavy (non-hydrogen) atoms. The minimum Gasteiger partial charge on any atom is -0.363 e. The second-order valence-electron chi connectivity index (χ2n) is 4.40. The number of nitrogens with one attached hydrogen (secondary N) is 2. The number of carbonyl (C=O) groups excluding carboxylic acids is 1. The lowest BCUT2D eigenvalue weighted by molar-refractivity contribution is -0.114. The van der Waals surface area contributed by atoms with E-state index in [2.05, 4.69) is 36.5 Å². The number of carbonyl (C=O) groups is 1. The third-order valence-corrected chi connectivity index (χ3v) is 3.14. The van der Waals surface area contributed by atoms with Gasteiger partial charge in [-0.1, -0.05) is 12.1 Å². The van der Waals surface area contributed by atoms with Gasteiger partial charge in [-0.3, -0.25) is 4.79 Å². The van der Waals surface area contributed by atoms with E-state index in [4.69, 9.17) is 0 Å². The third-order valence-electron chi connectivity index (χ3n) is 2.71. The predicted molar refractivity (Wildman–Crippen MR) is 82.5 cm³/mol.